The van der Waals surface area contributed by atoms with Crippen molar-refractivity contribution in [3.8, 4) is 0 Å². The molecule has 1 fully saturated rings. The van der Waals surface area contributed by atoms with Crippen LogP contribution in [0.3, 0.4) is 0 Å². The molecule has 1 saturated carbocycles. The van der Waals surface area contributed by atoms with E-state index in [0.717, 1.165) is 38.6 Å². The van der Waals surface area contributed by atoms with Crippen molar-refractivity contribution in [3.63, 3.8) is 0 Å². The number of nitrogens with two attached hydrogens (primary N) is 1. The van der Waals surface area contributed by atoms with Gasteiger partial charge in [0, 0.05) is 13.1 Å². The molecular formula is C15H30N2O. The van der Waals surface area contributed by atoms with E-state index in [-0.39, 0.29) is 11.3 Å². The van der Waals surface area contributed by atoms with Crippen LogP contribution in [0.2, 0.25) is 0 Å². The van der Waals surface area contributed by atoms with Crippen LogP contribution >= 0.6 is 0 Å². The van der Waals surface area contributed by atoms with Gasteiger partial charge in [-0.1, -0.05) is 39.5 Å². The highest BCUT2D eigenvalue weighted by atomic mass is 16.2. The molecule has 3 N–H and O–H groups in total. The molecule has 3 nitrogen and oxygen atoms in total. The zero-order valence-electron chi connectivity index (χ0n) is 12.1. The summed E-state index contributed by atoms with van der Waals surface area (Å²) >= 11 is 0. The van der Waals surface area contributed by atoms with Crippen molar-refractivity contribution in [2.45, 2.75) is 65.2 Å². The maximum atomic E-state index is 12.4. The molecule has 0 radical (unpaired) electrons. The lowest BCUT2D eigenvalue weighted by atomic mass is 9.79. The minimum Gasteiger partial charge on any atom is -0.356 e. The Morgan fingerprint density at radius 1 is 1.22 bits per heavy atom. The fourth-order valence-electron chi connectivity index (χ4n) is 2.83. The highest BCUT2D eigenvalue weighted by Gasteiger charge is 2.36. The topological polar surface area (TPSA) is 55.1 Å². The fraction of sp³-hybridized carbons (Fsp3) is 0.933. The number of rotatable bonds is 6. The molecule has 0 unspecified atom stereocenters. The zero-order valence-corrected chi connectivity index (χ0v) is 12.1. The Bertz CT molecular complexity index is 243. The molecule has 0 bridgehead atoms. The van der Waals surface area contributed by atoms with Crippen LogP contribution in [0.1, 0.15) is 65.2 Å². The third-order valence-corrected chi connectivity index (χ3v) is 4.18. The van der Waals surface area contributed by atoms with E-state index < -0.39 is 0 Å². The SMILES string of the molecule is CC(C)CCCNC(=O)C1(CN)CCCCCC1. The van der Waals surface area contributed by atoms with E-state index in [4.69, 9.17) is 5.73 Å². The number of carbonyl (C=O) groups is 1. The van der Waals surface area contributed by atoms with Gasteiger partial charge in [0.05, 0.1) is 5.41 Å². The summed E-state index contributed by atoms with van der Waals surface area (Å²) in [6.45, 7) is 5.74. The van der Waals surface area contributed by atoms with Gasteiger partial charge in [0.15, 0.2) is 0 Å². The molecule has 0 spiro atoms. The Morgan fingerprint density at radius 2 is 1.83 bits per heavy atom. The Hall–Kier alpha value is -0.570. The van der Waals surface area contributed by atoms with Crippen molar-refractivity contribution in [1.29, 1.82) is 0 Å². The third-order valence-electron chi connectivity index (χ3n) is 4.18. The third kappa shape index (κ3) is 4.60. The summed E-state index contributed by atoms with van der Waals surface area (Å²) in [5.74, 6) is 0.916. The monoisotopic (exact) mass is 254 g/mol. The van der Waals surface area contributed by atoms with Gasteiger partial charge in [-0.15, -0.1) is 0 Å². The van der Waals surface area contributed by atoms with Crippen LogP contribution in [0.4, 0.5) is 0 Å². The molecule has 1 rings (SSSR count). The average Bonchev–Trinajstić information content (AvgIpc) is 2.60. The first-order chi connectivity index (χ1) is 8.60. The smallest absolute Gasteiger partial charge is 0.227 e. The number of amides is 1. The zero-order chi connectivity index (χ0) is 13.4. The lowest BCUT2D eigenvalue weighted by Crippen LogP contribution is -2.46. The maximum Gasteiger partial charge on any atom is 0.227 e. The summed E-state index contributed by atoms with van der Waals surface area (Å²) in [6, 6.07) is 0. The van der Waals surface area contributed by atoms with Crippen LogP contribution in [0, 0.1) is 11.3 Å². The van der Waals surface area contributed by atoms with E-state index in [1.54, 1.807) is 0 Å². The molecule has 3 heteroatoms. The first-order valence-electron chi connectivity index (χ1n) is 7.59. The molecule has 0 aliphatic heterocycles. The molecule has 1 aliphatic rings. The second-order valence-corrected chi connectivity index (χ2v) is 6.19. The molecule has 0 saturated heterocycles. The van der Waals surface area contributed by atoms with Gasteiger partial charge in [0.25, 0.3) is 0 Å². The van der Waals surface area contributed by atoms with Gasteiger partial charge in [0.1, 0.15) is 0 Å². The molecule has 1 aliphatic carbocycles. The summed E-state index contributed by atoms with van der Waals surface area (Å²) in [7, 11) is 0. The maximum absolute atomic E-state index is 12.4. The number of hydrogen-bond acceptors (Lipinski definition) is 2. The minimum atomic E-state index is -0.270. The van der Waals surface area contributed by atoms with E-state index in [0.29, 0.717) is 12.5 Å². The Labute approximate surface area is 112 Å². The first-order valence-corrected chi connectivity index (χ1v) is 7.59. The van der Waals surface area contributed by atoms with Gasteiger partial charge >= 0.3 is 0 Å². The number of hydrogen-bond donors (Lipinski definition) is 2. The van der Waals surface area contributed by atoms with Crippen molar-refractivity contribution in [3.05, 3.63) is 0 Å². The quantitative estimate of drug-likeness (QED) is 0.565. The van der Waals surface area contributed by atoms with Crippen LogP contribution in [0.5, 0.6) is 0 Å². The molecule has 0 aromatic carbocycles. The van der Waals surface area contributed by atoms with Crippen LogP contribution in [-0.2, 0) is 4.79 Å². The Morgan fingerprint density at radius 3 is 2.33 bits per heavy atom. The molecule has 0 aromatic rings. The van der Waals surface area contributed by atoms with Gasteiger partial charge in [-0.05, 0) is 31.6 Å². The molecule has 18 heavy (non-hydrogen) atoms. The van der Waals surface area contributed by atoms with Crippen molar-refractivity contribution in [1.82, 2.24) is 5.32 Å². The molecule has 0 heterocycles. The normalized spacial score (nSPS) is 19.6. The van der Waals surface area contributed by atoms with Gasteiger partial charge in [-0.25, -0.2) is 0 Å². The molecular weight excluding hydrogens is 224 g/mol. The van der Waals surface area contributed by atoms with Crippen LogP contribution in [0.15, 0.2) is 0 Å². The summed E-state index contributed by atoms with van der Waals surface area (Å²) in [5.41, 5.74) is 5.63. The van der Waals surface area contributed by atoms with Crippen molar-refractivity contribution >= 4 is 5.91 Å². The lowest BCUT2D eigenvalue weighted by Gasteiger charge is -2.29. The van der Waals surface area contributed by atoms with E-state index >= 15 is 0 Å². The van der Waals surface area contributed by atoms with Gasteiger partial charge in [0.2, 0.25) is 5.91 Å². The lowest BCUT2D eigenvalue weighted by molar-refractivity contribution is -0.131. The van der Waals surface area contributed by atoms with Crippen LogP contribution < -0.4 is 11.1 Å². The molecule has 1 amide bonds. The number of carbonyl (C=O) groups excluding carboxylic acids is 1. The van der Waals surface area contributed by atoms with Crippen LogP contribution in [-0.4, -0.2) is 19.0 Å². The summed E-state index contributed by atoms with van der Waals surface area (Å²) in [4.78, 5) is 12.4. The summed E-state index contributed by atoms with van der Waals surface area (Å²) < 4.78 is 0. The van der Waals surface area contributed by atoms with Gasteiger partial charge in [-0.2, -0.15) is 0 Å². The highest BCUT2D eigenvalue weighted by Crippen LogP contribution is 2.34. The summed E-state index contributed by atoms with van der Waals surface area (Å²) in [5, 5.41) is 3.11. The number of nitrogens with one attached hydrogen (secondary N) is 1. The van der Waals surface area contributed by atoms with E-state index in [9.17, 15) is 4.79 Å². The molecule has 0 aromatic heterocycles. The second kappa shape index (κ2) is 7.78. The first kappa shape index (κ1) is 15.5. The van der Waals surface area contributed by atoms with Crippen molar-refractivity contribution in [2.75, 3.05) is 13.1 Å². The second-order valence-electron chi connectivity index (χ2n) is 6.19. The minimum absolute atomic E-state index is 0.204. The highest BCUT2D eigenvalue weighted by molar-refractivity contribution is 5.82. The van der Waals surface area contributed by atoms with Gasteiger partial charge in [-0.3, -0.25) is 4.79 Å². The largest absolute Gasteiger partial charge is 0.356 e. The predicted molar refractivity (Wildman–Crippen MR) is 76.3 cm³/mol. The van der Waals surface area contributed by atoms with Crippen LogP contribution in [0.25, 0.3) is 0 Å². The Balaban J connectivity index is 2.40. The molecule has 106 valence electrons. The summed E-state index contributed by atoms with van der Waals surface area (Å²) in [6.07, 6.45) is 9.00. The van der Waals surface area contributed by atoms with E-state index in [1.807, 2.05) is 0 Å². The van der Waals surface area contributed by atoms with Crippen molar-refractivity contribution in [2.24, 2.45) is 17.1 Å². The van der Waals surface area contributed by atoms with Gasteiger partial charge < -0.3 is 11.1 Å². The molecule has 0 atom stereocenters. The van der Waals surface area contributed by atoms with E-state index in [1.165, 1.54) is 19.3 Å². The van der Waals surface area contributed by atoms with E-state index in [2.05, 4.69) is 19.2 Å². The average molecular weight is 254 g/mol. The van der Waals surface area contributed by atoms with Crippen molar-refractivity contribution < 1.29 is 4.79 Å². The standard InChI is InChI=1S/C15H30N2O/c1-13(2)8-7-11-17-14(18)15(12-16)9-5-3-4-6-10-15/h13H,3-12,16H2,1-2H3,(H,17,18). The Kier molecular flexibility index (Phi) is 6.69. The predicted octanol–water partition coefficient (Wildman–Crippen LogP) is 2.84. The fourth-order valence-corrected chi connectivity index (χ4v) is 2.83.